The molecule has 0 saturated heterocycles. The van der Waals surface area contributed by atoms with E-state index in [1.54, 1.807) is 24.4 Å². The zero-order valence-electron chi connectivity index (χ0n) is 12.4. The molecule has 2 aromatic heterocycles. The first-order valence-electron chi connectivity index (χ1n) is 7.64. The molecule has 2 atom stereocenters. The number of nitrogens with zero attached hydrogens (tertiary/aromatic N) is 1. The van der Waals surface area contributed by atoms with E-state index >= 15 is 0 Å². The SMILES string of the molecule is O=C(O[C@H]1C=C[C@@H](O)CC1)c1cc2c(cn1)[nH]c1ccccc12. The summed E-state index contributed by atoms with van der Waals surface area (Å²) >= 11 is 0. The van der Waals surface area contributed by atoms with Crippen molar-refractivity contribution in [2.75, 3.05) is 0 Å². The number of hydrogen-bond donors (Lipinski definition) is 2. The quantitative estimate of drug-likeness (QED) is 0.564. The number of hydrogen-bond acceptors (Lipinski definition) is 4. The minimum Gasteiger partial charge on any atom is -0.453 e. The Morgan fingerprint density at radius 2 is 2.04 bits per heavy atom. The first-order valence-corrected chi connectivity index (χ1v) is 7.64. The van der Waals surface area contributed by atoms with Crippen LogP contribution in [0.4, 0.5) is 0 Å². The zero-order chi connectivity index (χ0) is 15.8. The Labute approximate surface area is 132 Å². The lowest BCUT2D eigenvalue weighted by atomic mass is 10.0. The van der Waals surface area contributed by atoms with Crippen LogP contribution < -0.4 is 0 Å². The number of esters is 1. The number of aromatic nitrogens is 2. The zero-order valence-corrected chi connectivity index (χ0v) is 12.4. The summed E-state index contributed by atoms with van der Waals surface area (Å²) in [5.74, 6) is -0.441. The monoisotopic (exact) mass is 308 g/mol. The predicted octanol–water partition coefficient (Wildman–Crippen LogP) is 2.95. The Balaban J connectivity index is 1.64. The maximum absolute atomic E-state index is 12.3. The van der Waals surface area contributed by atoms with Gasteiger partial charge in [-0.05, 0) is 31.1 Å². The van der Waals surface area contributed by atoms with Crippen LogP contribution in [0, 0.1) is 0 Å². The highest BCUT2D eigenvalue weighted by atomic mass is 16.5. The van der Waals surface area contributed by atoms with Gasteiger partial charge in [-0.1, -0.05) is 24.3 Å². The topological polar surface area (TPSA) is 75.2 Å². The minimum atomic E-state index is -0.441. The predicted molar refractivity (Wildman–Crippen MR) is 87.2 cm³/mol. The molecule has 0 amide bonds. The third kappa shape index (κ3) is 2.59. The highest BCUT2D eigenvalue weighted by molar-refractivity contribution is 6.08. The summed E-state index contributed by atoms with van der Waals surface area (Å²) in [6, 6.07) is 9.69. The van der Waals surface area contributed by atoms with Crippen LogP contribution in [0.25, 0.3) is 21.8 Å². The Morgan fingerprint density at radius 3 is 2.87 bits per heavy atom. The van der Waals surface area contributed by atoms with Crippen molar-refractivity contribution < 1.29 is 14.6 Å². The normalized spacial score (nSPS) is 20.9. The number of aliphatic hydroxyl groups is 1. The lowest BCUT2D eigenvalue weighted by Crippen LogP contribution is -2.22. The number of benzene rings is 1. The van der Waals surface area contributed by atoms with Gasteiger partial charge in [-0.15, -0.1) is 0 Å². The molecule has 5 heteroatoms. The molecule has 0 radical (unpaired) electrons. The summed E-state index contributed by atoms with van der Waals surface area (Å²) in [6.45, 7) is 0. The highest BCUT2D eigenvalue weighted by Gasteiger charge is 2.20. The Bertz CT molecular complexity index is 913. The molecular weight excluding hydrogens is 292 g/mol. The Kier molecular flexibility index (Phi) is 3.35. The number of para-hydroxylation sites is 1. The molecule has 0 fully saturated rings. The number of carbonyl (C=O) groups is 1. The summed E-state index contributed by atoms with van der Waals surface area (Å²) in [4.78, 5) is 19.8. The van der Waals surface area contributed by atoms with Crippen molar-refractivity contribution >= 4 is 27.8 Å². The molecule has 0 unspecified atom stereocenters. The van der Waals surface area contributed by atoms with Crippen LogP contribution in [-0.2, 0) is 4.74 Å². The first-order chi connectivity index (χ1) is 11.2. The molecule has 2 N–H and O–H groups in total. The Morgan fingerprint density at radius 1 is 1.17 bits per heavy atom. The van der Waals surface area contributed by atoms with Gasteiger partial charge in [0.25, 0.3) is 0 Å². The second kappa shape index (κ2) is 5.52. The van der Waals surface area contributed by atoms with Gasteiger partial charge in [0.2, 0.25) is 0 Å². The Hall–Kier alpha value is -2.66. The smallest absolute Gasteiger partial charge is 0.357 e. The van der Waals surface area contributed by atoms with E-state index in [1.165, 1.54) is 0 Å². The summed E-state index contributed by atoms with van der Waals surface area (Å²) in [5, 5.41) is 11.4. The number of aromatic amines is 1. The minimum absolute atomic E-state index is 0.293. The summed E-state index contributed by atoms with van der Waals surface area (Å²) in [7, 11) is 0. The fourth-order valence-electron chi connectivity index (χ4n) is 2.94. The molecule has 5 nitrogen and oxygen atoms in total. The van der Waals surface area contributed by atoms with Crippen LogP contribution in [0.5, 0.6) is 0 Å². The highest BCUT2D eigenvalue weighted by Crippen LogP contribution is 2.25. The maximum atomic E-state index is 12.3. The van der Waals surface area contributed by atoms with Crippen LogP contribution in [0.3, 0.4) is 0 Å². The van der Waals surface area contributed by atoms with Gasteiger partial charge < -0.3 is 14.8 Å². The standard InChI is InChI=1S/C18H16N2O3/c21-11-5-7-12(8-6-11)23-18(22)16-9-14-13-3-1-2-4-15(13)20-17(14)10-19-16/h1-5,7,9-12,20-21H,6,8H2/t11-,12+/m1/s1. The van der Waals surface area contributed by atoms with Gasteiger partial charge in [-0.2, -0.15) is 0 Å². The molecule has 0 aliphatic heterocycles. The number of nitrogens with one attached hydrogen (secondary N) is 1. The van der Waals surface area contributed by atoms with Crippen molar-refractivity contribution in [1.82, 2.24) is 9.97 Å². The summed E-state index contributed by atoms with van der Waals surface area (Å²) < 4.78 is 5.45. The van der Waals surface area contributed by atoms with Gasteiger partial charge in [0.15, 0.2) is 0 Å². The number of pyridine rings is 1. The van der Waals surface area contributed by atoms with E-state index in [2.05, 4.69) is 9.97 Å². The lowest BCUT2D eigenvalue weighted by molar-refractivity contribution is 0.0328. The number of H-pyrrole nitrogens is 1. The number of carbonyl (C=O) groups excluding carboxylic acids is 1. The fourth-order valence-corrected chi connectivity index (χ4v) is 2.94. The molecule has 3 aromatic rings. The number of aliphatic hydroxyl groups excluding tert-OH is 1. The molecule has 0 bridgehead atoms. The molecule has 4 rings (SSSR count). The molecular formula is C18H16N2O3. The lowest BCUT2D eigenvalue weighted by Gasteiger charge is -2.19. The molecule has 1 aliphatic carbocycles. The number of fused-ring (bicyclic) bond motifs is 3. The maximum Gasteiger partial charge on any atom is 0.357 e. The fraction of sp³-hybridized carbons (Fsp3) is 0.222. The largest absolute Gasteiger partial charge is 0.453 e. The van der Waals surface area contributed by atoms with E-state index in [0.717, 1.165) is 21.8 Å². The third-order valence-corrected chi connectivity index (χ3v) is 4.15. The first kappa shape index (κ1) is 14.0. The van der Waals surface area contributed by atoms with E-state index < -0.39 is 12.1 Å². The molecule has 1 aliphatic rings. The van der Waals surface area contributed by atoms with Crippen LogP contribution in [-0.4, -0.2) is 33.3 Å². The van der Waals surface area contributed by atoms with Gasteiger partial charge in [0.1, 0.15) is 11.8 Å². The average Bonchev–Trinajstić information content (AvgIpc) is 2.94. The average molecular weight is 308 g/mol. The van der Waals surface area contributed by atoms with E-state index in [4.69, 9.17) is 4.74 Å². The van der Waals surface area contributed by atoms with Crippen molar-refractivity contribution in [2.45, 2.75) is 25.0 Å². The van der Waals surface area contributed by atoms with Crippen LogP contribution >= 0.6 is 0 Å². The van der Waals surface area contributed by atoms with Crippen molar-refractivity contribution in [3.05, 3.63) is 54.4 Å². The van der Waals surface area contributed by atoms with Crippen molar-refractivity contribution in [3.8, 4) is 0 Å². The van der Waals surface area contributed by atoms with Gasteiger partial charge in [0.05, 0.1) is 17.8 Å². The van der Waals surface area contributed by atoms with E-state index in [-0.39, 0.29) is 6.10 Å². The number of rotatable bonds is 2. The summed E-state index contributed by atoms with van der Waals surface area (Å²) in [5.41, 5.74) is 2.20. The van der Waals surface area contributed by atoms with E-state index in [0.29, 0.717) is 18.5 Å². The van der Waals surface area contributed by atoms with Gasteiger partial charge in [-0.25, -0.2) is 9.78 Å². The number of ether oxygens (including phenoxy) is 1. The van der Waals surface area contributed by atoms with Crippen LogP contribution in [0.15, 0.2) is 48.7 Å². The molecule has 23 heavy (non-hydrogen) atoms. The molecule has 2 heterocycles. The molecule has 0 spiro atoms. The second-order valence-corrected chi connectivity index (χ2v) is 5.76. The van der Waals surface area contributed by atoms with E-state index in [9.17, 15) is 9.90 Å². The van der Waals surface area contributed by atoms with Crippen LogP contribution in [0.2, 0.25) is 0 Å². The van der Waals surface area contributed by atoms with Crippen molar-refractivity contribution in [1.29, 1.82) is 0 Å². The summed E-state index contributed by atoms with van der Waals surface area (Å²) in [6.07, 6.45) is 5.54. The van der Waals surface area contributed by atoms with Gasteiger partial charge in [0, 0.05) is 16.3 Å². The molecule has 116 valence electrons. The van der Waals surface area contributed by atoms with Gasteiger partial charge >= 0.3 is 5.97 Å². The third-order valence-electron chi connectivity index (χ3n) is 4.15. The van der Waals surface area contributed by atoms with E-state index in [1.807, 2.05) is 24.3 Å². The second-order valence-electron chi connectivity index (χ2n) is 5.76. The van der Waals surface area contributed by atoms with Crippen molar-refractivity contribution in [2.24, 2.45) is 0 Å². The van der Waals surface area contributed by atoms with Crippen LogP contribution in [0.1, 0.15) is 23.3 Å². The van der Waals surface area contributed by atoms with Crippen molar-refractivity contribution in [3.63, 3.8) is 0 Å². The molecule has 0 saturated carbocycles. The van der Waals surface area contributed by atoms with Gasteiger partial charge in [-0.3, -0.25) is 0 Å². The molecule has 1 aromatic carbocycles.